The van der Waals surface area contributed by atoms with Crippen molar-refractivity contribution in [3.63, 3.8) is 0 Å². The molecule has 4 N–H and O–H groups in total. The van der Waals surface area contributed by atoms with Gasteiger partial charge in [-0.1, -0.05) is 31.2 Å². The molecule has 1 unspecified atom stereocenters. The number of ether oxygens (including phenoxy) is 2. The van der Waals surface area contributed by atoms with Gasteiger partial charge in [0.1, 0.15) is 17.6 Å². The van der Waals surface area contributed by atoms with E-state index in [2.05, 4.69) is 20.6 Å². The van der Waals surface area contributed by atoms with Crippen LogP contribution in [-0.2, 0) is 32.1 Å². The third-order valence-corrected chi connectivity index (χ3v) is 7.28. The minimum absolute atomic E-state index is 0.0980. The maximum Gasteiger partial charge on any atom is 0.319 e. The minimum Gasteiger partial charge on any atom is -0.497 e. The molecule has 2 amide bonds. The number of aromatic nitrogens is 1. The normalized spacial score (nSPS) is 15.0. The van der Waals surface area contributed by atoms with Crippen LogP contribution < -0.4 is 21.1 Å². The molecule has 0 bridgehead atoms. The molecule has 1 aliphatic heterocycles. The number of aliphatic imine (C=N–C) groups is 1. The van der Waals surface area contributed by atoms with Crippen LogP contribution in [0.2, 0.25) is 0 Å². The number of esters is 1. The van der Waals surface area contributed by atoms with Crippen LogP contribution in [0.1, 0.15) is 44.2 Å². The highest BCUT2D eigenvalue weighted by Gasteiger charge is 2.37. The standard InChI is InChI=1S/C30H37N5O5.C3H7N/c1-3-15-40-27(36)19-33-25(17-20-6-9-23(39-2)10-7-20)30(38)35-14-4-5-26(35)29(37)34-18-21-8-11-24-22(16-21)12-13-32-28(24)31;1-3-4-2/h6-13,16,25-26,33H,3-5,14-15,17-19H2,1-2H3,(H2,31,32)(H,34,37);3H,1-2H3/t25-,26?;/m1./s1. The fraction of sp³-hybridized carbons (Fsp3) is 0.424. The fourth-order valence-electron chi connectivity index (χ4n) is 4.89. The van der Waals surface area contributed by atoms with E-state index in [0.717, 1.165) is 34.7 Å². The Kier molecular flexibility index (Phi) is 13.6. The average molecular weight is 605 g/mol. The van der Waals surface area contributed by atoms with Gasteiger partial charge in [0.2, 0.25) is 11.8 Å². The molecule has 2 aromatic carbocycles. The topological polar surface area (TPSA) is 148 Å². The van der Waals surface area contributed by atoms with Crippen LogP contribution in [0.15, 0.2) is 59.7 Å². The molecule has 0 saturated carbocycles. The lowest BCUT2D eigenvalue weighted by molar-refractivity contribution is -0.144. The third-order valence-electron chi connectivity index (χ3n) is 7.28. The SMILES string of the molecule is CC=NC.CCCOC(=O)CN[C@H](Cc1ccc(OC)cc1)C(=O)N1CCCC1C(=O)NCc1ccc2c(N)nccc2c1. The van der Waals surface area contributed by atoms with E-state index >= 15 is 0 Å². The first-order valence-electron chi connectivity index (χ1n) is 14.9. The molecule has 11 nitrogen and oxygen atoms in total. The number of pyridine rings is 1. The molecule has 1 fully saturated rings. The van der Waals surface area contributed by atoms with Crippen LogP contribution in [0.3, 0.4) is 0 Å². The van der Waals surface area contributed by atoms with Gasteiger partial charge in [0.15, 0.2) is 0 Å². The highest BCUT2D eigenvalue weighted by molar-refractivity contribution is 5.92. The number of hydrogen-bond acceptors (Lipinski definition) is 9. The summed E-state index contributed by atoms with van der Waals surface area (Å²) in [6.07, 6.45) is 5.77. The van der Waals surface area contributed by atoms with E-state index < -0.39 is 18.1 Å². The Labute approximate surface area is 259 Å². The second-order valence-electron chi connectivity index (χ2n) is 10.4. The summed E-state index contributed by atoms with van der Waals surface area (Å²) >= 11 is 0. The molecule has 1 aromatic heterocycles. The first kappa shape index (κ1) is 34.0. The van der Waals surface area contributed by atoms with Crippen LogP contribution in [0.5, 0.6) is 5.75 Å². The van der Waals surface area contributed by atoms with Gasteiger partial charge < -0.3 is 30.4 Å². The summed E-state index contributed by atoms with van der Waals surface area (Å²) in [7, 11) is 3.34. The second kappa shape index (κ2) is 17.6. The maximum atomic E-state index is 13.8. The lowest BCUT2D eigenvalue weighted by Gasteiger charge is -2.29. The van der Waals surface area contributed by atoms with E-state index in [0.29, 0.717) is 44.1 Å². The predicted molar refractivity (Wildman–Crippen MR) is 173 cm³/mol. The van der Waals surface area contributed by atoms with Crippen LogP contribution >= 0.6 is 0 Å². The Bertz CT molecular complexity index is 1410. The van der Waals surface area contributed by atoms with Gasteiger partial charge in [0.25, 0.3) is 0 Å². The lowest BCUT2D eigenvalue weighted by Crippen LogP contribution is -2.53. The van der Waals surface area contributed by atoms with Crippen molar-refractivity contribution in [2.45, 2.75) is 58.2 Å². The van der Waals surface area contributed by atoms with Gasteiger partial charge in [0, 0.05) is 31.7 Å². The summed E-state index contributed by atoms with van der Waals surface area (Å²) in [5.74, 6) is 0.337. The smallest absolute Gasteiger partial charge is 0.319 e. The molecule has 2 heterocycles. The number of amides is 2. The fourth-order valence-corrected chi connectivity index (χ4v) is 4.89. The lowest BCUT2D eigenvalue weighted by atomic mass is 10.0. The van der Waals surface area contributed by atoms with Crippen LogP contribution in [0, 0.1) is 0 Å². The highest BCUT2D eigenvalue weighted by Crippen LogP contribution is 2.22. The molecule has 2 atom stereocenters. The molecule has 236 valence electrons. The number of benzene rings is 2. The molecule has 4 rings (SSSR count). The van der Waals surface area contributed by atoms with Gasteiger partial charge in [-0.2, -0.15) is 0 Å². The third kappa shape index (κ3) is 9.77. The second-order valence-corrected chi connectivity index (χ2v) is 10.4. The number of nitrogens with zero attached hydrogens (tertiary/aromatic N) is 3. The van der Waals surface area contributed by atoms with Gasteiger partial charge in [-0.15, -0.1) is 0 Å². The molecule has 0 spiro atoms. The van der Waals surface area contributed by atoms with Crippen molar-refractivity contribution in [3.05, 3.63) is 65.9 Å². The van der Waals surface area contributed by atoms with Crippen LogP contribution in [0.4, 0.5) is 5.82 Å². The Morgan fingerprint density at radius 3 is 2.57 bits per heavy atom. The molecular weight excluding hydrogens is 560 g/mol. The van der Waals surface area contributed by atoms with Gasteiger partial charge in [0.05, 0.1) is 26.3 Å². The summed E-state index contributed by atoms with van der Waals surface area (Å²) in [6, 6.07) is 13.8. The van der Waals surface area contributed by atoms with E-state index in [4.69, 9.17) is 15.2 Å². The number of fused-ring (bicyclic) bond motifs is 1. The quantitative estimate of drug-likeness (QED) is 0.211. The summed E-state index contributed by atoms with van der Waals surface area (Å²) in [6.45, 7) is 4.84. The summed E-state index contributed by atoms with van der Waals surface area (Å²) < 4.78 is 10.4. The Hall–Kier alpha value is -4.51. The van der Waals surface area contributed by atoms with E-state index in [1.54, 1.807) is 31.5 Å². The number of nitrogen functional groups attached to an aromatic ring is 1. The van der Waals surface area contributed by atoms with Crippen molar-refractivity contribution in [3.8, 4) is 5.75 Å². The van der Waals surface area contributed by atoms with Crippen molar-refractivity contribution in [2.24, 2.45) is 4.99 Å². The number of carbonyl (C=O) groups excluding carboxylic acids is 3. The van der Waals surface area contributed by atoms with E-state index in [1.165, 1.54) is 0 Å². The molecule has 1 saturated heterocycles. The number of rotatable bonds is 12. The maximum absolute atomic E-state index is 13.8. The van der Waals surface area contributed by atoms with Crippen molar-refractivity contribution in [1.82, 2.24) is 20.5 Å². The minimum atomic E-state index is -0.699. The Balaban J connectivity index is 0.00000124. The predicted octanol–water partition coefficient (Wildman–Crippen LogP) is 3.29. The molecule has 11 heteroatoms. The van der Waals surface area contributed by atoms with Gasteiger partial charge in [-0.3, -0.25) is 19.7 Å². The van der Waals surface area contributed by atoms with Crippen molar-refractivity contribution >= 4 is 40.6 Å². The largest absolute Gasteiger partial charge is 0.497 e. The summed E-state index contributed by atoms with van der Waals surface area (Å²) in [5, 5.41) is 7.88. The number of anilines is 1. The number of nitrogens with one attached hydrogen (secondary N) is 2. The van der Waals surface area contributed by atoms with E-state index in [-0.39, 0.29) is 18.4 Å². The summed E-state index contributed by atoms with van der Waals surface area (Å²) in [4.78, 5) is 48.5. The number of nitrogens with two attached hydrogens (primary N) is 1. The Morgan fingerprint density at radius 2 is 1.89 bits per heavy atom. The highest BCUT2D eigenvalue weighted by atomic mass is 16.5. The zero-order valence-corrected chi connectivity index (χ0v) is 26.0. The van der Waals surface area contributed by atoms with E-state index in [9.17, 15) is 14.4 Å². The van der Waals surface area contributed by atoms with Gasteiger partial charge >= 0.3 is 5.97 Å². The zero-order valence-electron chi connectivity index (χ0n) is 26.0. The zero-order chi connectivity index (χ0) is 31.9. The first-order chi connectivity index (χ1) is 21.3. The number of methoxy groups -OCH3 is 1. The van der Waals surface area contributed by atoms with Crippen LogP contribution in [-0.4, -0.2) is 79.8 Å². The average Bonchev–Trinajstić information content (AvgIpc) is 3.55. The van der Waals surface area contributed by atoms with Gasteiger partial charge in [-0.25, -0.2) is 4.98 Å². The van der Waals surface area contributed by atoms with Crippen molar-refractivity contribution < 1.29 is 23.9 Å². The molecule has 0 aliphatic carbocycles. The molecule has 1 aliphatic rings. The first-order valence-corrected chi connectivity index (χ1v) is 14.9. The van der Waals surface area contributed by atoms with Crippen molar-refractivity contribution in [2.75, 3.05) is 39.6 Å². The van der Waals surface area contributed by atoms with E-state index in [1.807, 2.05) is 62.4 Å². The summed E-state index contributed by atoms with van der Waals surface area (Å²) in [5.41, 5.74) is 7.77. The molecule has 44 heavy (non-hydrogen) atoms. The molecule has 0 radical (unpaired) electrons. The Morgan fingerprint density at radius 1 is 1.16 bits per heavy atom. The number of hydrogen-bond donors (Lipinski definition) is 3. The number of likely N-dealkylation sites (tertiary alicyclic amines) is 1. The number of carbonyl (C=O) groups is 3. The van der Waals surface area contributed by atoms with Gasteiger partial charge in [-0.05, 0) is 79.6 Å². The van der Waals surface area contributed by atoms with Crippen molar-refractivity contribution in [1.29, 1.82) is 0 Å². The molecule has 3 aromatic rings. The molecular formula is C33H44N6O5. The van der Waals surface area contributed by atoms with Crippen LogP contribution in [0.25, 0.3) is 10.8 Å². The monoisotopic (exact) mass is 604 g/mol.